The second kappa shape index (κ2) is 6.85. The Morgan fingerprint density at radius 3 is 2.86 bits per heavy atom. The molecule has 8 heteroatoms. The number of nitrogens with one attached hydrogen (secondary N) is 1. The first-order valence-corrected chi connectivity index (χ1v) is 9.21. The van der Waals surface area contributed by atoms with Gasteiger partial charge in [0, 0.05) is 31.6 Å². The predicted octanol–water partition coefficient (Wildman–Crippen LogP) is 2.39. The van der Waals surface area contributed by atoms with E-state index < -0.39 is 9.84 Å². The van der Waals surface area contributed by atoms with Gasteiger partial charge >= 0.3 is 6.03 Å². The minimum Gasteiger partial charge on any atom is -0.377 e. The van der Waals surface area contributed by atoms with Gasteiger partial charge in [-0.1, -0.05) is 11.6 Å². The van der Waals surface area contributed by atoms with Gasteiger partial charge in [-0.05, 0) is 31.5 Å². The van der Waals surface area contributed by atoms with Crippen molar-refractivity contribution in [1.29, 1.82) is 0 Å². The Labute approximate surface area is 135 Å². The number of carbonyl (C=O) groups excluding carboxylic acids is 1. The third kappa shape index (κ3) is 4.34. The summed E-state index contributed by atoms with van der Waals surface area (Å²) < 4.78 is 28.8. The van der Waals surface area contributed by atoms with E-state index in [2.05, 4.69) is 5.32 Å². The molecule has 0 unspecified atom stereocenters. The lowest BCUT2D eigenvalue weighted by Crippen LogP contribution is -2.38. The molecule has 22 heavy (non-hydrogen) atoms. The summed E-state index contributed by atoms with van der Waals surface area (Å²) in [7, 11) is -3.45. The van der Waals surface area contributed by atoms with Crippen LogP contribution in [0, 0.1) is 0 Å². The van der Waals surface area contributed by atoms with Gasteiger partial charge in [0.1, 0.15) is 0 Å². The maximum absolute atomic E-state index is 12.3. The molecule has 6 nitrogen and oxygen atoms in total. The lowest BCUT2D eigenvalue weighted by molar-refractivity contribution is 0.0718. The highest BCUT2D eigenvalue weighted by atomic mass is 35.5. The molecule has 0 spiro atoms. The van der Waals surface area contributed by atoms with E-state index in [4.69, 9.17) is 16.3 Å². The molecule has 2 amide bonds. The van der Waals surface area contributed by atoms with Crippen LogP contribution in [-0.4, -0.2) is 51.4 Å². The molecule has 122 valence electrons. The number of hydrogen-bond acceptors (Lipinski definition) is 4. The third-order valence-electron chi connectivity index (χ3n) is 3.32. The molecule has 1 N–H and O–H groups in total. The monoisotopic (exact) mass is 346 g/mol. The smallest absolute Gasteiger partial charge is 0.321 e. The summed E-state index contributed by atoms with van der Waals surface area (Å²) in [5.41, 5.74) is 0.396. The molecule has 0 aromatic heterocycles. The summed E-state index contributed by atoms with van der Waals surface area (Å²) in [5, 5.41) is 2.84. The summed E-state index contributed by atoms with van der Waals surface area (Å²) in [6, 6.07) is 4.13. The lowest BCUT2D eigenvalue weighted by Gasteiger charge is -2.22. The van der Waals surface area contributed by atoms with Crippen molar-refractivity contribution >= 4 is 33.2 Å². The first kappa shape index (κ1) is 17.1. The number of hydrogen-bond donors (Lipinski definition) is 1. The molecule has 0 radical (unpaired) electrons. The number of ether oxygens (including phenoxy) is 1. The lowest BCUT2D eigenvalue weighted by atomic mass is 10.3. The third-order valence-corrected chi connectivity index (χ3v) is 4.90. The van der Waals surface area contributed by atoms with Crippen LogP contribution in [0.2, 0.25) is 5.02 Å². The zero-order chi connectivity index (χ0) is 16.3. The molecule has 1 aromatic rings. The maximum atomic E-state index is 12.3. The van der Waals surface area contributed by atoms with E-state index >= 15 is 0 Å². The molecule has 1 aliphatic heterocycles. The Morgan fingerprint density at radius 1 is 1.45 bits per heavy atom. The largest absolute Gasteiger partial charge is 0.377 e. The number of amides is 2. The van der Waals surface area contributed by atoms with Crippen molar-refractivity contribution in [3.8, 4) is 0 Å². The van der Waals surface area contributed by atoms with E-state index in [-0.39, 0.29) is 22.1 Å². The number of urea groups is 1. The molecule has 1 saturated heterocycles. The van der Waals surface area contributed by atoms with Gasteiger partial charge in [-0.25, -0.2) is 13.2 Å². The van der Waals surface area contributed by atoms with Crippen LogP contribution in [0.3, 0.4) is 0 Å². The fraction of sp³-hybridized carbons (Fsp3) is 0.500. The van der Waals surface area contributed by atoms with Crippen LogP contribution in [0.5, 0.6) is 0 Å². The topological polar surface area (TPSA) is 75.7 Å². The van der Waals surface area contributed by atoms with Gasteiger partial charge < -0.3 is 15.0 Å². The highest BCUT2D eigenvalue weighted by Gasteiger charge is 2.20. The van der Waals surface area contributed by atoms with Crippen molar-refractivity contribution in [3.63, 3.8) is 0 Å². The van der Waals surface area contributed by atoms with Crippen LogP contribution in [0.1, 0.15) is 13.3 Å². The summed E-state index contributed by atoms with van der Waals surface area (Å²) in [6.07, 6.45) is 1.82. The average Bonchev–Trinajstić information content (AvgIpc) is 2.64. The zero-order valence-corrected chi connectivity index (χ0v) is 14.1. The van der Waals surface area contributed by atoms with Crippen LogP contribution >= 0.6 is 11.6 Å². The van der Waals surface area contributed by atoms with E-state index in [0.29, 0.717) is 25.4 Å². The Kier molecular flexibility index (Phi) is 5.31. The van der Waals surface area contributed by atoms with Crippen LogP contribution in [0.25, 0.3) is 0 Å². The normalized spacial score (nSPS) is 19.6. The number of anilines is 1. The van der Waals surface area contributed by atoms with Crippen molar-refractivity contribution in [2.45, 2.75) is 24.3 Å². The molecule has 0 bridgehead atoms. The van der Waals surface area contributed by atoms with Gasteiger partial charge in [0.05, 0.1) is 16.0 Å². The Morgan fingerprint density at radius 2 is 2.18 bits per heavy atom. The van der Waals surface area contributed by atoms with Crippen LogP contribution in [0.15, 0.2) is 23.1 Å². The quantitative estimate of drug-likeness (QED) is 0.892. The molecule has 0 saturated carbocycles. The molecular weight excluding hydrogens is 328 g/mol. The van der Waals surface area contributed by atoms with Crippen molar-refractivity contribution in [1.82, 2.24) is 4.90 Å². The van der Waals surface area contributed by atoms with Gasteiger partial charge in [-0.15, -0.1) is 0 Å². The van der Waals surface area contributed by atoms with Crippen molar-refractivity contribution in [2.24, 2.45) is 0 Å². The standard InChI is InChI=1S/C14H19ClN2O4S/c1-10-9-17(6-3-7-21-10)14(18)16-11-4-5-12(15)13(8-11)22(2,19)20/h4-5,8,10H,3,6-7,9H2,1-2H3,(H,16,18)/t10-/m0/s1. The number of nitrogens with zero attached hydrogens (tertiary/aromatic N) is 1. The Balaban J connectivity index is 2.15. The number of rotatable bonds is 2. The van der Waals surface area contributed by atoms with Gasteiger partial charge in [0.25, 0.3) is 0 Å². The number of halogens is 1. The highest BCUT2D eigenvalue weighted by molar-refractivity contribution is 7.90. The minimum atomic E-state index is -3.45. The number of sulfone groups is 1. The van der Waals surface area contributed by atoms with Crippen molar-refractivity contribution < 1.29 is 17.9 Å². The Hall–Kier alpha value is -1.31. The number of benzene rings is 1. The fourth-order valence-electron chi connectivity index (χ4n) is 2.25. The molecule has 0 aliphatic carbocycles. The summed E-state index contributed by atoms with van der Waals surface area (Å²) in [4.78, 5) is 13.9. The molecular formula is C14H19ClN2O4S. The summed E-state index contributed by atoms with van der Waals surface area (Å²) >= 11 is 5.89. The van der Waals surface area contributed by atoms with Gasteiger partial charge in [-0.3, -0.25) is 0 Å². The second-order valence-electron chi connectivity index (χ2n) is 5.33. The van der Waals surface area contributed by atoms with Gasteiger partial charge in [0.2, 0.25) is 0 Å². The molecule has 1 atom stereocenters. The number of carbonyl (C=O) groups is 1. The summed E-state index contributed by atoms with van der Waals surface area (Å²) in [6.45, 7) is 3.64. The van der Waals surface area contributed by atoms with Crippen molar-refractivity contribution in [2.75, 3.05) is 31.3 Å². The zero-order valence-electron chi connectivity index (χ0n) is 12.5. The van der Waals surface area contributed by atoms with E-state index in [9.17, 15) is 13.2 Å². The fourth-order valence-corrected chi connectivity index (χ4v) is 3.55. The van der Waals surface area contributed by atoms with Crippen LogP contribution in [-0.2, 0) is 14.6 Å². The molecule has 1 aliphatic rings. The van der Waals surface area contributed by atoms with Crippen molar-refractivity contribution in [3.05, 3.63) is 23.2 Å². The molecule has 1 aromatic carbocycles. The van der Waals surface area contributed by atoms with Crippen LogP contribution < -0.4 is 5.32 Å². The summed E-state index contributed by atoms with van der Waals surface area (Å²) in [5.74, 6) is 0. The van der Waals surface area contributed by atoms with Gasteiger partial charge in [-0.2, -0.15) is 0 Å². The van der Waals surface area contributed by atoms with E-state index in [0.717, 1.165) is 12.7 Å². The first-order chi connectivity index (χ1) is 10.3. The second-order valence-corrected chi connectivity index (χ2v) is 7.72. The van der Waals surface area contributed by atoms with E-state index in [1.807, 2.05) is 6.92 Å². The molecule has 2 rings (SSSR count). The molecule has 1 fully saturated rings. The average molecular weight is 347 g/mol. The highest BCUT2D eigenvalue weighted by Crippen LogP contribution is 2.25. The SMILES string of the molecule is C[C@H]1CN(C(=O)Nc2ccc(Cl)c(S(C)(=O)=O)c2)CCCO1. The van der Waals surface area contributed by atoms with Crippen LogP contribution in [0.4, 0.5) is 10.5 Å². The van der Waals surface area contributed by atoms with Gasteiger partial charge in [0.15, 0.2) is 9.84 Å². The minimum absolute atomic E-state index is 0.000431. The van der Waals surface area contributed by atoms with E-state index in [1.165, 1.54) is 12.1 Å². The van der Waals surface area contributed by atoms with E-state index in [1.54, 1.807) is 11.0 Å². The molecule has 1 heterocycles. The maximum Gasteiger partial charge on any atom is 0.321 e. The Bertz CT molecular complexity index is 663. The predicted molar refractivity (Wildman–Crippen MR) is 85.2 cm³/mol. The first-order valence-electron chi connectivity index (χ1n) is 6.94.